The summed E-state index contributed by atoms with van der Waals surface area (Å²) in [6.07, 6.45) is 1.12. The third kappa shape index (κ3) is 4.85. The van der Waals surface area contributed by atoms with Crippen molar-refractivity contribution in [2.24, 2.45) is 5.41 Å². The van der Waals surface area contributed by atoms with Crippen LogP contribution < -0.4 is 10.0 Å². The lowest BCUT2D eigenvalue weighted by Gasteiger charge is -2.26. The van der Waals surface area contributed by atoms with Gasteiger partial charge in [0.05, 0.1) is 15.5 Å². The van der Waals surface area contributed by atoms with Gasteiger partial charge in [0.1, 0.15) is 0 Å². The van der Waals surface area contributed by atoms with Crippen LogP contribution in [-0.2, 0) is 16.4 Å². The molecule has 1 heterocycles. The van der Waals surface area contributed by atoms with Crippen LogP contribution in [-0.4, -0.2) is 25.1 Å². The fraction of sp³-hybridized carbons (Fsp3) is 0.227. The first-order chi connectivity index (χ1) is 15.0. The molecule has 7 nitrogen and oxygen atoms in total. The highest BCUT2D eigenvalue weighted by Crippen LogP contribution is 2.38. The van der Waals surface area contributed by atoms with Gasteiger partial charge in [0.25, 0.3) is 15.9 Å². The fourth-order valence-corrected chi connectivity index (χ4v) is 5.58. The zero-order chi connectivity index (χ0) is 23.1. The maximum atomic E-state index is 12.7. The summed E-state index contributed by atoms with van der Waals surface area (Å²) in [5, 5.41) is 3.49. The Morgan fingerprint density at radius 3 is 2.56 bits per heavy atom. The molecule has 1 amide bonds. The van der Waals surface area contributed by atoms with Gasteiger partial charge in [0.2, 0.25) is 0 Å². The minimum Gasteiger partial charge on any atom is -0.298 e. The van der Waals surface area contributed by atoms with Gasteiger partial charge < -0.3 is 0 Å². The molecule has 2 N–H and O–H groups in total. The number of nitrogens with one attached hydrogen (secondary N) is 2. The molecule has 0 aliphatic heterocycles. The number of anilines is 2. The van der Waals surface area contributed by atoms with Crippen LogP contribution in [0.5, 0.6) is 0 Å². The summed E-state index contributed by atoms with van der Waals surface area (Å²) in [6.45, 7) is 4.03. The van der Waals surface area contributed by atoms with Crippen LogP contribution in [0.4, 0.5) is 10.8 Å². The standard InChI is InChI=1S/C22H20ClN3O4S2/c1-22(2)11-17-19(18(27)12-22)31-21(24-17)25-20(28)13-4-3-5-15(10-13)26-32(29,30)16-8-6-14(23)7-9-16/h3-10,26H,11-12H2,1-2H3,(H,24,25,28). The van der Waals surface area contributed by atoms with Crippen LogP contribution in [0.1, 0.15) is 46.0 Å². The first-order valence-corrected chi connectivity index (χ1v) is 12.4. The van der Waals surface area contributed by atoms with Crippen molar-refractivity contribution in [1.82, 2.24) is 4.98 Å². The Morgan fingerprint density at radius 2 is 1.84 bits per heavy atom. The molecular formula is C22H20ClN3O4S2. The number of fused-ring (bicyclic) bond motifs is 1. The summed E-state index contributed by atoms with van der Waals surface area (Å²) in [5.74, 6) is -0.414. The van der Waals surface area contributed by atoms with E-state index >= 15 is 0 Å². The number of amides is 1. The number of hydrogen-bond acceptors (Lipinski definition) is 6. The van der Waals surface area contributed by atoms with E-state index in [1.807, 2.05) is 13.8 Å². The second-order valence-electron chi connectivity index (χ2n) is 8.33. The van der Waals surface area contributed by atoms with Crippen molar-refractivity contribution < 1.29 is 18.0 Å². The Labute approximate surface area is 194 Å². The highest BCUT2D eigenvalue weighted by atomic mass is 35.5. The number of aromatic nitrogens is 1. The molecule has 166 valence electrons. The maximum absolute atomic E-state index is 12.7. The van der Waals surface area contributed by atoms with Gasteiger partial charge in [-0.15, -0.1) is 0 Å². The van der Waals surface area contributed by atoms with E-state index in [9.17, 15) is 18.0 Å². The minimum absolute atomic E-state index is 0.0350. The van der Waals surface area contributed by atoms with Gasteiger partial charge in [-0.2, -0.15) is 0 Å². The molecule has 0 bridgehead atoms. The van der Waals surface area contributed by atoms with Crippen LogP contribution in [0.2, 0.25) is 5.02 Å². The molecule has 0 atom stereocenters. The zero-order valence-electron chi connectivity index (χ0n) is 17.3. The average molecular weight is 490 g/mol. The van der Waals surface area contributed by atoms with E-state index in [2.05, 4.69) is 15.0 Å². The highest BCUT2D eigenvalue weighted by Gasteiger charge is 2.34. The zero-order valence-corrected chi connectivity index (χ0v) is 19.7. The Bertz CT molecular complexity index is 1320. The summed E-state index contributed by atoms with van der Waals surface area (Å²) in [7, 11) is -3.84. The van der Waals surface area contributed by atoms with E-state index in [-0.39, 0.29) is 27.3 Å². The van der Waals surface area contributed by atoms with E-state index in [0.29, 0.717) is 33.6 Å². The van der Waals surface area contributed by atoms with Gasteiger partial charge in [-0.05, 0) is 54.3 Å². The minimum atomic E-state index is -3.84. The number of benzene rings is 2. The molecular weight excluding hydrogens is 470 g/mol. The molecule has 3 aromatic rings. The van der Waals surface area contributed by atoms with Gasteiger partial charge in [-0.1, -0.05) is 42.9 Å². The number of sulfonamides is 1. The lowest BCUT2D eigenvalue weighted by atomic mass is 9.78. The molecule has 1 aliphatic carbocycles. The van der Waals surface area contributed by atoms with Gasteiger partial charge in [-0.25, -0.2) is 13.4 Å². The summed E-state index contributed by atoms with van der Waals surface area (Å²) in [4.78, 5) is 30.2. The number of Topliss-reactive ketones (excluding diaryl/α,β-unsaturated/α-hetero) is 1. The monoisotopic (exact) mass is 489 g/mol. The van der Waals surface area contributed by atoms with Crippen molar-refractivity contribution >= 4 is 55.5 Å². The van der Waals surface area contributed by atoms with Crippen molar-refractivity contribution in [2.75, 3.05) is 10.0 Å². The van der Waals surface area contributed by atoms with E-state index in [4.69, 9.17) is 11.6 Å². The SMILES string of the molecule is CC1(C)CC(=O)c2sc(NC(=O)c3cccc(NS(=O)(=O)c4ccc(Cl)cc4)c3)nc2C1. The van der Waals surface area contributed by atoms with Gasteiger partial charge in [0.15, 0.2) is 10.9 Å². The number of hydrogen-bond donors (Lipinski definition) is 2. The van der Waals surface area contributed by atoms with Crippen molar-refractivity contribution in [1.29, 1.82) is 0 Å². The molecule has 0 saturated heterocycles. The Balaban J connectivity index is 1.51. The van der Waals surface area contributed by atoms with Crippen LogP contribution in [0.25, 0.3) is 0 Å². The van der Waals surface area contributed by atoms with Gasteiger partial charge in [0, 0.05) is 22.7 Å². The molecule has 0 radical (unpaired) electrons. The molecule has 0 saturated carbocycles. The average Bonchev–Trinajstić information content (AvgIpc) is 3.09. The van der Waals surface area contributed by atoms with Gasteiger partial charge >= 0.3 is 0 Å². The second kappa shape index (κ2) is 8.31. The van der Waals surface area contributed by atoms with Crippen molar-refractivity contribution in [3.05, 3.63) is 69.7 Å². The van der Waals surface area contributed by atoms with Gasteiger partial charge in [-0.3, -0.25) is 19.6 Å². The summed E-state index contributed by atoms with van der Waals surface area (Å²) in [5.41, 5.74) is 1.04. The Hall–Kier alpha value is -2.75. The number of carbonyl (C=O) groups is 2. The molecule has 1 aliphatic rings. The maximum Gasteiger partial charge on any atom is 0.261 e. The van der Waals surface area contributed by atoms with Crippen LogP contribution in [0.15, 0.2) is 53.4 Å². The van der Waals surface area contributed by atoms with Crippen LogP contribution in [0, 0.1) is 5.41 Å². The van der Waals surface area contributed by atoms with E-state index in [0.717, 1.165) is 11.3 Å². The second-order valence-corrected chi connectivity index (χ2v) is 11.4. The number of ketones is 1. The normalized spacial score (nSPS) is 15.2. The Kier molecular flexibility index (Phi) is 5.83. The summed E-state index contributed by atoms with van der Waals surface area (Å²) >= 11 is 6.98. The molecule has 32 heavy (non-hydrogen) atoms. The smallest absolute Gasteiger partial charge is 0.261 e. The topological polar surface area (TPSA) is 105 Å². The predicted octanol–water partition coefficient (Wildman–Crippen LogP) is 5.00. The molecule has 0 spiro atoms. The van der Waals surface area contributed by atoms with Crippen molar-refractivity contribution in [2.45, 2.75) is 31.6 Å². The van der Waals surface area contributed by atoms with E-state index in [1.165, 1.54) is 30.3 Å². The number of nitrogens with zero attached hydrogens (tertiary/aromatic N) is 1. The van der Waals surface area contributed by atoms with Crippen molar-refractivity contribution in [3.8, 4) is 0 Å². The number of carbonyl (C=O) groups excluding carboxylic acids is 2. The molecule has 4 rings (SSSR count). The third-order valence-electron chi connectivity index (χ3n) is 4.96. The van der Waals surface area contributed by atoms with Crippen LogP contribution in [0.3, 0.4) is 0 Å². The lowest BCUT2D eigenvalue weighted by molar-refractivity contribution is 0.0915. The third-order valence-corrected chi connectivity index (χ3v) is 7.66. The largest absolute Gasteiger partial charge is 0.298 e. The predicted molar refractivity (Wildman–Crippen MR) is 125 cm³/mol. The Morgan fingerprint density at radius 1 is 1.12 bits per heavy atom. The number of halogens is 1. The molecule has 10 heteroatoms. The summed E-state index contributed by atoms with van der Waals surface area (Å²) < 4.78 is 27.6. The molecule has 1 aromatic heterocycles. The highest BCUT2D eigenvalue weighted by molar-refractivity contribution is 7.92. The fourth-order valence-electron chi connectivity index (χ4n) is 3.49. The first kappa shape index (κ1) is 22.4. The van der Waals surface area contributed by atoms with E-state index in [1.54, 1.807) is 18.2 Å². The first-order valence-electron chi connectivity index (χ1n) is 9.75. The molecule has 0 unspecified atom stereocenters. The summed E-state index contributed by atoms with van der Waals surface area (Å²) in [6, 6.07) is 11.9. The van der Waals surface area contributed by atoms with E-state index < -0.39 is 15.9 Å². The van der Waals surface area contributed by atoms with Crippen LogP contribution >= 0.6 is 22.9 Å². The number of rotatable bonds is 5. The lowest BCUT2D eigenvalue weighted by Crippen LogP contribution is -2.26. The van der Waals surface area contributed by atoms with Crippen molar-refractivity contribution in [3.63, 3.8) is 0 Å². The molecule has 2 aromatic carbocycles. The quantitative estimate of drug-likeness (QED) is 0.524. The number of thiazole rings is 1. The molecule has 0 fully saturated rings.